The summed E-state index contributed by atoms with van der Waals surface area (Å²) >= 11 is 0. The van der Waals surface area contributed by atoms with Crippen LogP contribution in [0.25, 0.3) is 0 Å². The molecule has 0 spiro atoms. The molecule has 1 fully saturated rings. The molecule has 7 nitrogen and oxygen atoms in total. The molecule has 1 saturated heterocycles. The molecule has 1 aromatic rings. The first-order chi connectivity index (χ1) is 9.65. The van der Waals surface area contributed by atoms with Crippen LogP contribution >= 0.6 is 0 Å². The summed E-state index contributed by atoms with van der Waals surface area (Å²) in [5.74, 6) is -1.22. The minimum Gasteiger partial charge on any atom is -0.382 e. The molecule has 2 heterocycles. The summed E-state index contributed by atoms with van der Waals surface area (Å²) in [5, 5.41) is 8.56. The SMILES string of the molecule is O=C1CN(C(=O)c2cccc3c2NCCN3)CC(=O)N1. The van der Waals surface area contributed by atoms with Gasteiger partial charge in [-0.3, -0.25) is 19.7 Å². The zero-order valence-corrected chi connectivity index (χ0v) is 10.7. The molecule has 0 radical (unpaired) electrons. The van der Waals surface area contributed by atoms with Crippen LogP contribution in [-0.4, -0.2) is 48.8 Å². The second-order valence-electron chi connectivity index (χ2n) is 4.71. The molecule has 0 aliphatic carbocycles. The third kappa shape index (κ3) is 2.18. The Balaban J connectivity index is 1.91. The van der Waals surface area contributed by atoms with Gasteiger partial charge in [0.05, 0.1) is 16.9 Å². The van der Waals surface area contributed by atoms with Crippen molar-refractivity contribution in [2.45, 2.75) is 0 Å². The number of para-hydroxylation sites is 1. The van der Waals surface area contributed by atoms with Gasteiger partial charge in [0.25, 0.3) is 5.91 Å². The topological polar surface area (TPSA) is 90.5 Å². The highest BCUT2D eigenvalue weighted by Gasteiger charge is 2.29. The van der Waals surface area contributed by atoms with Crippen LogP contribution in [0.3, 0.4) is 0 Å². The maximum Gasteiger partial charge on any atom is 0.256 e. The Kier molecular flexibility index (Phi) is 3.02. The molecule has 0 bridgehead atoms. The van der Waals surface area contributed by atoms with Crippen molar-refractivity contribution in [2.24, 2.45) is 0 Å². The van der Waals surface area contributed by atoms with Gasteiger partial charge in [0.15, 0.2) is 0 Å². The minimum atomic E-state index is -0.453. The lowest BCUT2D eigenvalue weighted by Crippen LogP contribution is -2.53. The Morgan fingerprint density at radius 2 is 1.75 bits per heavy atom. The number of rotatable bonds is 1. The molecule has 20 heavy (non-hydrogen) atoms. The number of anilines is 2. The van der Waals surface area contributed by atoms with E-state index < -0.39 is 11.8 Å². The number of nitrogens with one attached hydrogen (secondary N) is 3. The van der Waals surface area contributed by atoms with Crippen LogP contribution in [0.5, 0.6) is 0 Å². The zero-order chi connectivity index (χ0) is 14.1. The van der Waals surface area contributed by atoms with E-state index in [4.69, 9.17) is 0 Å². The van der Waals surface area contributed by atoms with Crippen LogP contribution in [0.1, 0.15) is 10.4 Å². The molecule has 0 saturated carbocycles. The van der Waals surface area contributed by atoms with Gasteiger partial charge in [-0.15, -0.1) is 0 Å². The van der Waals surface area contributed by atoms with Crippen LogP contribution in [-0.2, 0) is 9.59 Å². The molecule has 1 aromatic carbocycles. The number of piperazine rings is 1. The summed E-state index contributed by atoms with van der Waals surface area (Å²) < 4.78 is 0. The maximum absolute atomic E-state index is 12.5. The number of carbonyl (C=O) groups is 3. The van der Waals surface area contributed by atoms with Crippen molar-refractivity contribution in [3.8, 4) is 0 Å². The standard InChI is InChI=1S/C13H14N4O3/c18-10-6-17(7-11(19)16-10)13(20)8-2-1-3-9-12(8)15-5-4-14-9/h1-3,14-15H,4-7H2,(H,16,18,19). The number of nitrogens with zero attached hydrogens (tertiary/aromatic N) is 1. The number of amides is 3. The first-order valence-corrected chi connectivity index (χ1v) is 6.38. The van der Waals surface area contributed by atoms with Crippen LogP contribution in [0.4, 0.5) is 11.4 Å². The van der Waals surface area contributed by atoms with Crippen molar-refractivity contribution in [1.29, 1.82) is 0 Å². The van der Waals surface area contributed by atoms with Gasteiger partial charge >= 0.3 is 0 Å². The molecule has 3 N–H and O–H groups in total. The Morgan fingerprint density at radius 1 is 1.05 bits per heavy atom. The highest BCUT2D eigenvalue weighted by atomic mass is 16.2. The number of imide groups is 1. The van der Waals surface area contributed by atoms with E-state index in [2.05, 4.69) is 16.0 Å². The first kappa shape index (κ1) is 12.5. The predicted molar refractivity (Wildman–Crippen MR) is 72.5 cm³/mol. The van der Waals surface area contributed by atoms with E-state index in [1.807, 2.05) is 6.07 Å². The summed E-state index contributed by atoms with van der Waals surface area (Å²) in [4.78, 5) is 36.5. The molecule has 3 amide bonds. The molecule has 2 aliphatic heterocycles. The van der Waals surface area contributed by atoms with Crippen LogP contribution in [0.15, 0.2) is 18.2 Å². The molecule has 0 aromatic heterocycles. The predicted octanol–water partition coefficient (Wildman–Crippen LogP) is -0.377. The van der Waals surface area contributed by atoms with Crippen molar-refractivity contribution >= 4 is 29.1 Å². The van der Waals surface area contributed by atoms with Crippen molar-refractivity contribution in [1.82, 2.24) is 10.2 Å². The lowest BCUT2D eigenvalue weighted by atomic mass is 10.1. The largest absolute Gasteiger partial charge is 0.382 e. The monoisotopic (exact) mass is 274 g/mol. The lowest BCUT2D eigenvalue weighted by Gasteiger charge is -2.28. The molecular formula is C13H14N4O3. The quantitative estimate of drug-likeness (QED) is 0.607. The maximum atomic E-state index is 12.5. The fraction of sp³-hybridized carbons (Fsp3) is 0.308. The summed E-state index contributed by atoms with van der Waals surface area (Å²) in [6.07, 6.45) is 0. The van der Waals surface area contributed by atoms with E-state index in [1.54, 1.807) is 12.1 Å². The van der Waals surface area contributed by atoms with Crippen molar-refractivity contribution in [3.63, 3.8) is 0 Å². The Hall–Kier alpha value is -2.57. The number of fused-ring (bicyclic) bond motifs is 1. The summed E-state index contributed by atoms with van der Waals surface area (Å²) in [6, 6.07) is 5.35. The molecule has 2 aliphatic rings. The third-order valence-corrected chi connectivity index (χ3v) is 3.27. The van der Waals surface area contributed by atoms with E-state index in [9.17, 15) is 14.4 Å². The second kappa shape index (κ2) is 4.84. The molecule has 104 valence electrons. The number of carbonyl (C=O) groups excluding carboxylic acids is 3. The van der Waals surface area contributed by atoms with Gasteiger partial charge in [-0.05, 0) is 12.1 Å². The summed E-state index contributed by atoms with van der Waals surface area (Å²) in [7, 11) is 0. The first-order valence-electron chi connectivity index (χ1n) is 6.38. The minimum absolute atomic E-state index is 0.0956. The lowest BCUT2D eigenvalue weighted by molar-refractivity contribution is -0.135. The molecule has 3 rings (SSSR count). The van der Waals surface area contributed by atoms with E-state index in [-0.39, 0.29) is 19.0 Å². The third-order valence-electron chi connectivity index (χ3n) is 3.27. The zero-order valence-electron chi connectivity index (χ0n) is 10.7. The van der Waals surface area contributed by atoms with Crippen molar-refractivity contribution < 1.29 is 14.4 Å². The fourth-order valence-electron chi connectivity index (χ4n) is 2.40. The fourth-order valence-corrected chi connectivity index (χ4v) is 2.40. The van der Waals surface area contributed by atoms with Gasteiger partial charge in [-0.1, -0.05) is 6.07 Å². The summed E-state index contributed by atoms with van der Waals surface area (Å²) in [5.41, 5.74) is 2.05. The smallest absolute Gasteiger partial charge is 0.256 e. The molecule has 7 heteroatoms. The normalized spacial score (nSPS) is 17.7. The van der Waals surface area contributed by atoms with Gasteiger partial charge < -0.3 is 15.5 Å². The van der Waals surface area contributed by atoms with Crippen LogP contribution in [0.2, 0.25) is 0 Å². The van der Waals surface area contributed by atoms with E-state index >= 15 is 0 Å². The van der Waals surface area contributed by atoms with Gasteiger partial charge in [0.2, 0.25) is 11.8 Å². The van der Waals surface area contributed by atoms with E-state index in [1.165, 1.54) is 4.90 Å². The van der Waals surface area contributed by atoms with Crippen molar-refractivity contribution in [2.75, 3.05) is 36.8 Å². The molecule has 0 atom stereocenters. The summed E-state index contributed by atoms with van der Waals surface area (Å²) in [6.45, 7) is 1.31. The van der Waals surface area contributed by atoms with E-state index in [0.29, 0.717) is 5.56 Å². The number of hydrogen-bond acceptors (Lipinski definition) is 5. The highest BCUT2D eigenvalue weighted by molar-refractivity contribution is 6.08. The van der Waals surface area contributed by atoms with Gasteiger partial charge in [0.1, 0.15) is 13.1 Å². The van der Waals surface area contributed by atoms with Gasteiger partial charge in [0, 0.05) is 13.1 Å². The van der Waals surface area contributed by atoms with Crippen molar-refractivity contribution in [3.05, 3.63) is 23.8 Å². The van der Waals surface area contributed by atoms with Gasteiger partial charge in [-0.2, -0.15) is 0 Å². The average molecular weight is 274 g/mol. The molecule has 0 unspecified atom stereocenters. The van der Waals surface area contributed by atoms with Crippen LogP contribution < -0.4 is 16.0 Å². The average Bonchev–Trinajstić information content (AvgIpc) is 2.45. The van der Waals surface area contributed by atoms with E-state index in [0.717, 1.165) is 24.5 Å². The Morgan fingerprint density at radius 3 is 2.50 bits per heavy atom. The second-order valence-corrected chi connectivity index (χ2v) is 4.71. The Bertz CT molecular complexity index is 583. The Labute approximate surface area is 115 Å². The highest BCUT2D eigenvalue weighted by Crippen LogP contribution is 2.29. The van der Waals surface area contributed by atoms with Gasteiger partial charge in [-0.25, -0.2) is 0 Å². The number of hydrogen-bond donors (Lipinski definition) is 3. The molecular weight excluding hydrogens is 260 g/mol. The van der Waals surface area contributed by atoms with Crippen LogP contribution in [0, 0.1) is 0 Å². The number of benzene rings is 1.